The van der Waals surface area contributed by atoms with Crippen LogP contribution in [0.25, 0.3) is 56.9 Å². The number of aryl methyl sites for hydroxylation is 4. The zero-order chi connectivity index (χ0) is 96.7. The Morgan fingerprint density at radius 3 is 1.06 bits per heavy atom. The largest absolute Gasteiger partial charge is 0.508 e. The predicted octanol–water partition coefficient (Wildman–Crippen LogP) is 26.8. The zero-order valence-corrected chi connectivity index (χ0v) is 83.8. The summed E-state index contributed by atoms with van der Waals surface area (Å²) in [6.07, 6.45) is 7.26. The van der Waals surface area contributed by atoms with Crippen molar-refractivity contribution in [2.75, 3.05) is 25.6 Å². The Morgan fingerprint density at radius 2 is 0.741 bits per heavy atom. The van der Waals surface area contributed by atoms with E-state index >= 15 is 0 Å². The van der Waals surface area contributed by atoms with Crippen molar-refractivity contribution in [2.24, 2.45) is 5.73 Å². The maximum Gasteiger partial charge on any atom is 0.306 e. The van der Waals surface area contributed by atoms with Gasteiger partial charge in [0, 0.05) is 106 Å². The summed E-state index contributed by atoms with van der Waals surface area (Å²) in [5.41, 5.74) is 5.24. The summed E-state index contributed by atoms with van der Waals surface area (Å²) in [5, 5.41) is 33.5. The summed E-state index contributed by atoms with van der Waals surface area (Å²) in [6.45, 7) is 22.1. The van der Waals surface area contributed by atoms with Gasteiger partial charge in [0.1, 0.15) is 66.4 Å². The van der Waals surface area contributed by atoms with E-state index in [0.717, 1.165) is 50.4 Å². The van der Waals surface area contributed by atoms with Gasteiger partial charge < -0.3 is 46.7 Å². The maximum absolute atomic E-state index is 14.5. The Bertz CT molecular complexity index is 5960. The fourth-order valence-corrected chi connectivity index (χ4v) is 13.5. The Balaban J connectivity index is 0.000000359. The van der Waals surface area contributed by atoms with E-state index in [1.54, 1.807) is 121 Å². The van der Waals surface area contributed by atoms with E-state index in [9.17, 15) is 49.8 Å². The molecule has 7 aromatic carbocycles. The molecule has 25 nitrogen and oxygen atoms in total. The fourth-order valence-electron chi connectivity index (χ4n) is 13.3. The first-order valence-corrected chi connectivity index (χ1v) is 45.7. The van der Waals surface area contributed by atoms with Gasteiger partial charge in [0.25, 0.3) is 0 Å². The van der Waals surface area contributed by atoms with E-state index in [1.807, 2.05) is 149 Å². The van der Waals surface area contributed by atoms with Crippen molar-refractivity contribution in [3.05, 3.63) is 265 Å². The molecule has 0 unspecified atom stereocenters. The fraction of sp³-hybridized carbons (Fsp3) is 0.430. The number of aromatic nitrogens is 15. The number of carbonyl (C=O) groups excluding carboxylic acids is 2. The van der Waals surface area contributed by atoms with Gasteiger partial charge in [0.15, 0.2) is 86.6 Å². The molecule has 4 N–H and O–H groups in total. The Kier molecular flexibility index (Phi) is 48.1. The van der Waals surface area contributed by atoms with E-state index in [1.165, 1.54) is 0 Å². The molecule has 778 valence electrons. The Morgan fingerprint density at radius 1 is 0.420 bits per heavy atom. The first-order valence-electron chi connectivity index (χ1n) is 45.2. The molecule has 0 atom stereocenters. The van der Waals surface area contributed by atoms with Crippen LogP contribution in [0.5, 0.6) is 28.7 Å². The second kappa shape index (κ2) is 55.8. The second-order valence-electron chi connectivity index (χ2n) is 35.2. The maximum atomic E-state index is 14.5. The number of H-pyrrole nitrogens is 1. The number of alkyl halides is 6. The van der Waals surface area contributed by atoms with Crippen molar-refractivity contribution in [3.8, 4) is 85.7 Å². The van der Waals surface area contributed by atoms with E-state index < -0.39 is 39.5 Å². The van der Waals surface area contributed by atoms with Crippen LogP contribution in [0.4, 0.5) is 35.1 Å². The minimum Gasteiger partial charge on any atom is -0.508 e. The van der Waals surface area contributed by atoms with Crippen LogP contribution in [-0.4, -0.2) is 128 Å². The van der Waals surface area contributed by atoms with Crippen molar-refractivity contribution in [1.82, 2.24) is 74.2 Å². The number of ether oxygens (including phenoxy) is 6. The van der Waals surface area contributed by atoms with E-state index in [0.29, 0.717) is 210 Å². The number of aromatic hydroxyl groups is 1. The van der Waals surface area contributed by atoms with E-state index in [2.05, 4.69) is 55.5 Å². The minimum absolute atomic E-state index is 0. The number of allylic oxidation sites excluding steroid dienone is 1. The molecule has 36 heteroatoms. The van der Waals surface area contributed by atoms with Gasteiger partial charge in [-0.15, -0.1) is 24.0 Å². The summed E-state index contributed by atoms with van der Waals surface area (Å²) in [7, 11) is 0. The van der Waals surface area contributed by atoms with Crippen LogP contribution in [0.1, 0.15) is 237 Å². The molecule has 0 aliphatic heterocycles. The van der Waals surface area contributed by atoms with Gasteiger partial charge in [0.2, 0.25) is 0 Å². The number of phenols is 1. The van der Waals surface area contributed by atoms with E-state index in [4.69, 9.17) is 45.8 Å². The number of phenolic OH excluding ortho intramolecular Hbond substituents is 1. The molecule has 5 aliphatic carbocycles. The molecular weight excluding hydrogens is 2060 g/mol. The summed E-state index contributed by atoms with van der Waals surface area (Å²) in [4.78, 5) is 44.8. The van der Waals surface area contributed by atoms with Crippen LogP contribution in [0.2, 0.25) is 0 Å². The molecule has 0 amide bonds. The molecule has 0 radical (unpaired) electrons. The van der Waals surface area contributed by atoms with Crippen LogP contribution in [0.3, 0.4) is 0 Å². The number of esters is 2. The summed E-state index contributed by atoms with van der Waals surface area (Å²) < 4.78 is 148. The number of aromatic amines is 1. The molecule has 5 saturated carbocycles. The quantitative estimate of drug-likeness (QED) is 0.0146. The van der Waals surface area contributed by atoms with Crippen LogP contribution >= 0.6 is 24.0 Å². The second-order valence-corrected chi connectivity index (χ2v) is 35.5. The molecular formula is C107H139Cl2F8N16O9W-. The molecule has 143 heavy (non-hydrogen) atoms. The number of rotatable bonds is 34. The van der Waals surface area contributed by atoms with Gasteiger partial charge in [-0.25, -0.2) is 78.8 Å². The van der Waals surface area contributed by atoms with Crippen LogP contribution < -0.4 is 24.7 Å². The number of hydrogen-bond acceptors (Lipinski definition) is 20. The number of hydrogen-bond donors (Lipinski definition) is 3. The number of benzene rings is 7. The third-order valence-corrected chi connectivity index (χ3v) is 22.1. The Hall–Kier alpha value is -11.9. The topological polar surface area (TPSA) is 300 Å². The molecule has 0 spiro atoms. The van der Waals surface area contributed by atoms with Gasteiger partial charge in [0.05, 0.1) is 19.0 Å². The standard InChI is InChI=1S/C23H29F2N3O3.C20H20FN3O.C18H16FN3O.C17H20F2N4O.C13H14FN3O.C10H16ClFO2.5CH4.CH3.ClH.W/c1-5-28-21(23(25)12-13-23)26-20(27-28)17-7-9-18(10-8-17)30-15-16(14-24)6-11-19(29)31-22(2,3)4;1-2-24-19(20(21)12-13-20)22-18(23-24)16-8-10-17(11-9-16)25-14-15-6-4-3-5-7-15;19-18(10-11-18)17-20-16(21-22-17)14-6-8-15(9-7-14)23-12-13-4-2-1-3-5-13;1-2-23-15(21-16(22-23)17(19)7-8-17)13-3-5-14(6-4-13)24-11-12(9-18)10-20;1-2-17-12(13(14)7-8-13)15-11(16-17)9-3-5-10(18)6-4-9;1-10(2,3)14-9(13)5-4-8(6-11)7-12;;;;;;;;/h7-10,14H,5-6,11-13,15H2,1-4H3;3-11H,2,12-14H2,1H3;1-9H,10-12H2,(H,20,21,22);3-6,9H,2,7-8,10-11,20H2,1H3;3-6,18H,2,7-8H2,1H3;7H,4-6H2,1-3H3;5*1H4;1H3;1H;/q;;;;;;;;;;;-1;;/b16-14+;;;12-9+;;8-7+;;;;;;;;. The molecule has 5 aliphatic rings. The third-order valence-electron chi connectivity index (χ3n) is 21.8. The number of nitrogens with zero attached hydrogens (tertiary/aromatic N) is 14. The Labute approximate surface area is 861 Å². The SMILES string of the molecule is C.C.C.C.C.CC(C)(C)OC(=O)CC/C(=C\F)CCl.CCn1nc(-c2ccc(O)cc2)nc1C1(F)CC1.CCn1nc(-c2ccc(OC/C(=C/F)CCC(=O)OC(C)(C)C)cc2)nc1C1(F)CC1.CCn1nc(-c2ccc(OCc3ccccc3)cc2)nc1C1(F)CC1.CCn1nc(C2(F)CC2)nc1-c1ccc(OC/C(=C/F)CN)cc1.Cl.FC1(c2nc(-c3ccc(OCc4ccccc4)cc3)n[nH]2)CC1.[CH3-].[W]. The van der Waals surface area contributed by atoms with E-state index in [-0.39, 0.29) is 146 Å². The summed E-state index contributed by atoms with van der Waals surface area (Å²) in [5.74, 6) is 6.83. The summed E-state index contributed by atoms with van der Waals surface area (Å²) in [6, 6.07) is 56.0. The molecule has 0 bridgehead atoms. The normalized spacial score (nSPS) is 14.6. The number of halogens is 10. The molecule has 5 fully saturated rings. The van der Waals surface area contributed by atoms with Gasteiger partial charge in [-0.1, -0.05) is 97.8 Å². The van der Waals surface area contributed by atoms with Crippen molar-refractivity contribution in [2.45, 2.75) is 275 Å². The van der Waals surface area contributed by atoms with Crippen LogP contribution in [0, 0.1) is 7.43 Å². The first kappa shape index (κ1) is 123. The number of carbonyl (C=O) groups is 2. The molecule has 5 heterocycles. The molecule has 12 aromatic rings. The van der Waals surface area contributed by atoms with Crippen molar-refractivity contribution in [1.29, 1.82) is 0 Å². The molecule has 5 aromatic heterocycles. The number of nitrogens with one attached hydrogen (secondary N) is 1. The molecule has 0 saturated heterocycles. The number of nitrogens with two attached hydrogens (primary N) is 1. The van der Waals surface area contributed by atoms with Crippen molar-refractivity contribution >= 4 is 35.9 Å². The van der Waals surface area contributed by atoms with Crippen molar-refractivity contribution < 1.29 is 99.3 Å². The average Bonchev–Trinajstić information content (AvgIpc) is 1.82. The predicted molar refractivity (Wildman–Crippen MR) is 545 cm³/mol. The monoisotopic (exact) mass is 2200 g/mol. The smallest absolute Gasteiger partial charge is 0.306 e. The molecule has 17 rings (SSSR count). The third kappa shape index (κ3) is 35.8. The first-order chi connectivity index (χ1) is 64.6. The van der Waals surface area contributed by atoms with Gasteiger partial charge in [-0.2, -0.15) is 25.5 Å². The van der Waals surface area contributed by atoms with Crippen LogP contribution in [-0.2, 0) is 108 Å². The zero-order valence-electron chi connectivity index (χ0n) is 79.3. The average molecular weight is 2200 g/mol. The van der Waals surface area contributed by atoms with Crippen molar-refractivity contribution in [3.63, 3.8) is 0 Å². The minimum atomic E-state index is -1.35. The van der Waals surface area contributed by atoms with Gasteiger partial charge >= 0.3 is 11.9 Å². The summed E-state index contributed by atoms with van der Waals surface area (Å²) >= 11 is 5.42. The van der Waals surface area contributed by atoms with Gasteiger partial charge in [-0.3, -0.25) is 14.7 Å². The van der Waals surface area contributed by atoms with Crippen LogP contribution in [0.15, 0.2) is 218 Å². The van der Waals surface area contributed by atoms with Gasteiger partial charge in [-0.05, 0) is 290 Å².